The Morgan fingerprint density at radius 3 is 2.45 bits per heavy atom. The molecular weight excluding hydrogens is 272 g/mol. The van der Waals surface area contributed by atoms with E-state index in [4.69, 9.17) is 9.72 Å². The zero-order chi connectivity index (χ0) is 15.5. The van der Waals surface area contributed by atoms with Gasteiger partial charge in [0.05, 0.1) is 17.6 Å². The fourth-order valence-corrected chi connectivity index (χ4v) is 2.91. The van der Waals surface area contributed by atoms with E-state index in [1.165, 1.54) is 16.6 Å². The molecule has 0 saturated heterocycles. The second kappa shape index (κ2) is 6.22. The van der Waals surface area contributed by atoms with Crippen molar-refractivity contribution in [3.05, 3.63) is 59.4 Å². The minimum absolute atomic E-state index is 0.652. The minimum Gasteiger partial charge on any atom is -0.491 e. The van der Waals surface area contributed by atoms with Crippen molar-refractivity contribution in [3.63, 3.8) is 0 Å². The van der Waals surface area contributed by atoms with Gasteiger partial charge in [-0.1, -0.05) is 37.3 Å². The highest BCUT2D eigenvalue weighted by atomic mass is 16.5. The number of fused-ring (bicyclic) bond motifs is 1. The average Bonchev–Trinajstić information content (AvgIpc) is 2.88. The van der Waals surface area contributed by atoms with Gasteiger partial charge in [-0.2, -0.15) is 0 Å². The van der Waals surface area contributed by atoms with Gasteiger partial charge >= 0.3 is 0 Å². The molecule has 3 aromatic rings. The van der Waals surface area contributed by atoms with Crippen LogP contribution in [0.3, 0.4) is 0 Å². The van der Waals surface area contributed by atoms with Crippen LogP contribution in [0, 0.1) is 13.8 Å². The quantitative estimate of drug-likeness (QED) is 0.701. The number of aryl methyl sites for hydroxylation is 3. The van der Waals surface area contributed by atoms with Crippen LogP contribution in [0.4, 0.5) is 0 Å². The van der Waals surface area contributed by atoms with Crippen molar-refractivity contribution in [2.75, 3.05) is 6.61 Å². The number of aromatic nitrogens is 2. The van der Waals surface area contributed by atoms with Crippen LogP contribution in [0.1, 0.15) is 23.9 Å². The molecule has 0 aliphatic rings. The SMILES string of the molecule is CCc1nc2ccccc2n1CCOc1c(C)cccc1C. The molecule has 3 heteroatoms. The molecule has 1 heterocycles. The third kappa shape index (κ3) is 2.71. The molecule has 114 valence electrons. The van der Waals surface area contributed by atoms with Crippen LogP contribution in [0.2, 0.25) is 0 Å². The summed E-state index contributed by atoms with van der Waals surface area (Å²) in [5, 5.41) is 0. The summed E-state index contributed by atoms with van der Waals surface area (Å²) in [6, 6.07) is 14.5. The maximum absolute atomic E-state index is 6.04. The second-order valence-corrected chi connectivity index (χ2v) is 5.59. The van der Waals surface area contributed by atoms with E-state index in [-0.39, 0.29) is 0 Å². The lowest BCUT2D eigenvalue weighted by Crippen LogP contribution is -2.11. The summed E-state index contributed by atoms with van der Waals surface area (Å²) < 4.78 is 8.31. The van der Waals surface area contributed by atoms with Gasteiger partial charge in [0.1, 0.15) is 18.2 Å². The lowest BCUT2D eigenvalue weighted by atomic mass is 10.1. The Hall–Kier alpha value is -2.29. The lowest BCUT2D eigenvalue weighted by Gasteiger charge is -2.13. The van der Waals surface area contributed by atoms with Crippen molar-refractivity contribution >= 4 is 11.0 Å². The topological polar surface area (TPSA) is 27.1 Å². The highest BCUT2D eigenvalue weighted by Crippen LogP contribution is 2.23. The Labute approximate surface area is 131 Å². The van der Waals surface area contributed by atoms with E-state index in [0.29, 0.717) is 6.61 Å². The van der Waals surface area contributed by atoms with Crippen molar-refractivity contribution in [2.45, 2.75) is 33.7 Å². The zero-order valence-corrected chi connectivity index (χ0v) is 13.5. The summed E-state index contributed by atoms with van der Waals surface area (Å²) >= 11 is 0. The molecule has 2 aromatic carbocycles. The standard InChI is InChI=1S/C19H22N2O/c1-4-18-20-16-10-5-6-11-17(16)21(18)12-13-22-19-14(2)8-7-9-15(19)3/h5-11H,4,12-13H2,1-3H3. The fraction of sp³-hybridized carbons (Fsp3) is 0.316. The van der Waals surface area contributed by atoms with E-state index in [1.807, 2.05) is 6.07 Å². The van der Waals surface area contributed by atoms with Crippen molar-refractivity contribution in [3.8, 4) is 5.75 Å². The number of para-hydroxylation sites is 3. The number of benzene rings is 2. The lowest BCUT2D eigenvalue weighted by molar-refractivity contribution is 0.294. The number of imidazole rings is 1. The molecule has 0 bridgehead atoms. The largest absolute Gasteiger partial charge is 0.491 e. The van der Waals surface area contributed by atoms with E-state index in [1.54, 1.807) is 0 Å². The molecule has 0 spiro atoms. The van der Waals surface area contributed by atoms with E-state index >= 15 is 0 Å². The van der Waals surface area contributed by atoms with Gasteiger partial charge in [-0.15, -0.1) is 0 Å². The normalized spacial score (nSPS) is 11.0. The number of nitrogens with zero attached hydrogens (tertiary/aromatic N) is 2. The van der Waals surface area contributed by atoms with Gasteiger partial charge in [0.25, 0.3) is 0 Å². The van der Waals surface area contributed by atoms with Gasteiger partial charge in [-0.05, 0) is 37.1 Å². The molecule has 1 aromatic heterocycles. The molecule has 0 saturated carbocycles. The van der Waals surface area contributed by atoms with E-state index < -0.39 is 0 Å². The van der Waals surface area contributed by atoms with Crippen molar-refractivity contribution < 1.29 is 4.74 Å². The fourth-order valence-electron chi connectivity index (χ4n) is 2.91. The van der Waals surface area contributed by atoms with E-state index in [2.05, 4.69) is 61.7 Å². The summed E-state index contributed by atoms with van der Waals surface area (Å²) in [5.41, 5.74) is 4.62. The summed E-state index contributed by atoms with van der Waals surface area (Å²) in [5.74, 6) is 2.12. The summed E-state index contributed by atoms with van der Waals surface area (Å²) in [6.45, 7) is 7.79. The van der Waals surface area contributed by atoms with Gasteiger partial charge in [0, 0.05) is 6.42 Å². The first-order valence-corrected chi connectivity index (χ1v) is 7.84. The smallest absolute Gasteiger partial charge is 0.125 e. The summed E-state index contributed by atoms with van der Waals surface area (Å²) in [7, 11) is 0. The zero-order valence-electron chi connectivity index (χ0n) is 13.5. The third-order valence-corrected chi connectivity index (χ3v) is 4.02. The Morgan fingerprint density at radius 2 is 1.73 bits per heavy atom. The molecule has 22 heavy (non-hydrogen) atoms. The summed E-state index contributed by atoms with van der Waals surface area (Å²) in [6.07, 6.45) is 0.929. The van der Waals surface area contributed by atoms with Gasteiger partial charge in [-0.25, -0.2) is 4.98 Å². The average molecular weight is 294 g/mol. The van der Waals surface area contributed by atoms with Gasteiger partial charge < -0.3 is 9.30 Å². The van der Waals surface area contributed by atoms with Crippen molar-refractivity contribution in [1.29, 1.82) is 0 Å². The number of rotatable bonds is 5. The number of hydrogen-bond acceptors (Lipinski definition) is 2. The summed E-state index contributed by atoms with van der Waals surface area (Å²) in [4.78, 5) is 4.70. The maximum atomic E-state index is 6.04. The first-order chi connectivity index (χ1) is 10.7. The van der Waals surface area contributed by atoms with Crippen LogP contribution < -0.4 is 4.74 Å². The van der Waals surface area contributed by atoms with Gasteiger partial charge in [0.15, 0.2) is 0 Å². The molecule has 3 rings (SSSR count). The molecule has 0 radical (unpaired) electrons. The molecule has 0 N–H and O–H groups in total. The first kappa shape index (κ1) is 14.6. The molecule has 0 aliphatic heterocycles. The Bertz CT molecular complexity index is 769. The maximum Gasteiger partial charge on any atom is 0.125 e. The van der Waals surface area contributed by atoms with Crippen LogP contribution in [-0.4, -0.2) is 16.2 Å². The van der Waals surface area contributed by atoms with E-state index in [9.17, 15) is 0 Å². The monoisotopic (exact) mass is 294 g/mol. The minimum atomic E-state index is 0.652. The predicted molar refractivity (Wildman–Crippen MR) is 90.5 cm³/mol. The Kier molecular flexibility index (Phi) is 4.14. The molecule has 0 fully saturated rings. The molecule has 0 amide bonds. The number of hydrogen-bond donors (Lipinski definition) is 0. The van der Waals surface area contributed by atoms with Crippen LogP contribution in [0.5, 0.6) is 5.75 Å². The molecule has 0 aliphatic carbocycles. The van der Waals surface area contributed by atoms with Crippen LogP contribution >= 0.6 is 0 Å². The highest BCUT2D eigenvalue weighted by molar-refractivity contribution is 5.75. The van der Waals surface area contributed by atoms with Crippen molar-refractivity contribution in [2.24, 2.45) is 0 Å². The molecule has 0 atom stereocenters. The van der Waals surface area contributed by atoms with E-state index in [0.717, 1.165) is 30.1 Å². The van der Waals surface area contributed by atoms with Crippen LogP contribution in [0.25, 0.3) is 11.0 Å². The predicted octanol–water partition coefficient (Wildman–Crippen LogP) is 4.29. The first-order valence-electron chi connectivity index (χ1n) is 7.84. The molecule has 3 nitrogen and oxygen atoms in total. The van der Waals surface area contributed by atoms with Gasteiger partial charge in [0.2, 0.25) is 0 Å². The second-order valence-electron chi connectivity index (χ2n) is 5.59. The number of ether oxygens (including phenoxy) is 1. The Balaban J connectivity index is 1.79. The van der Waals surface area contributed by atoms with Crippen LogP contribution in [0.15, 0.2) is 42.5 Å². The Morgan fingerprint density at radius 1 is 1.00 bits per heavy atom. The van der Waals surface area contributed by atoms with Crippen LogP contribution in [-0.2, 0) is 13.0 Å². The highest BCUT2D eigenvalue weighted by Gasteiger charge is 2.09. The molecular formula is C19H22N2O. The van der Waals surface area contributed by atoms with Crippen molar-refractivity contribution in [1.82, 2.24) is 9.55 Å². The third-order valence-electron chi connectivity index (χ3n) is 4.02. The van der Waals surface area contributed by atoms with Gasteiger partial charge in [-0.3, -0.25) is 0 Å². The molecule has 0 unspecified atom stereocenters.